The van der Waals surface area contributed by atoms with Gasteiger partial charge in [-0.1, -0.05) is 35.9 Å². The van der Waals surface area contributed by atoms with Gasteiger partial charge in [0.15, 0.2) is 4.34 Å². The molecule has 0 spiro atoms. The number of nitrogens with one attached hydrogen (secondary N) is 2. The van der Waals surface area contributed by atoms with Crippen molar-refractivity contribution in [3.8, 4) is 0 Å². The van der Waals surface area contributed by atoms with E-state index in [1.165, 1.54) is 52.3 Å². The second-order valence-electron chi connectivity index (χ2n) is 7.58. The van der Waals surface area contributed by atoms with Crippen molar-refractivity contribution in [2.75, 3.05) is 22.5 Å². The number of hydrogen-bond acceptors (Lipinski definition) is 7. The van der Waals surface area contributed by atoms with Gasteiger partial charge in [-0.3, -0.25) is 14.4 Å². The van der Waals surface area contributed by atoms with Gasteiger partial charge in [0.25, 0.3) is 0 Å². The number of halogens is 1. The zero-order valence-electron chi connectivity index (χ0n) is 16.7. The van der Waals surface area contributed by atoms with Crippen molar-refractivity contribution >= 4 is 51.6 Å². The molecule has 1 aliphatic heterocycles. The van der Waals surface area contributed by atoms with Crippen molar-refractivity contribution in [1.29, 1.82) is 0 Å². The Balaban J connectivity index is 1.26. The van der Waals surface area contributed by atoms with Crippen molar-refractivity contribution in [3.63, 3.8) is 0 Å². The monoisotopic (exact) mass is 463 g/mol. The van der Waals surface area contributed by atoms with Gasteiger partial charge in [-0.15, -0.1) is 10.2 Å². The number of anilines is 2. The van der Waals surface area contributed by atoms with E-state index in [0.717, 1.165) is 25.7 Å². The molecule has 2 heterocycles. The smallest absolute Gasteiger partial charge is 0.231 e. The molecule has 4 rings (SSSR count). The van der Waals surface area contributed by atoms with Crippen LogP contribution in [0.3, 0.4) is 0 Å². The second-order valence-corrected chi connectivity index (χ2v) is 9.78. The third-order valence-corrected chi connectivity index (χ3v) is 7.29. The van der Waals surface area contributed by atoms with Crippen molar-refractivity contribution in [2.45, 2.75) is 42.5 Å². The van der Waals surface area contributed by atoms with Crippen LogP contribution in [0.15, 0.2) is 28.6 Å². The zero-order valence-corrected chi connectivity index (χ0v) is 18.3. The first-order valence-electron chi connectivity index (χ1n) is 10.1. The number of nitrogens with zero attached hydrogens (tertiary/aromatic N) is 3. The molecule has 1 saturated heterocycles. The Bertz CT molecular complexity index is 962. The molecular weight excluding hydrogens is 441 g/mol. The first-order valence-corrected chi connectivity index (χ1v) is 11.9. The maximum absolute atomic E-state index is 13.1. The number of aromatic nitrogens is 2. The number of rotatable bonds is 7. The van der Waals surface area contributed by atoms with E-state index in [1.807, 2.05) is 0 Å². The topological polar surface area (TPSA) is 104 Å². The normalized spacial score (nSPS) is 19.1. The Morgan fingerprint density at radius 3 is 2.68 bits per heavy atom. The lowest BCUT2D eigenvalue weighted by atomic mass is 10.1. The van der Waals surface area contributed by atoms with Crippen LogP contribution in [0.2, 0.25) is 0 Å². The molecule has 2 aliphatic rings. The minimum absolute atomic E-state index is 0.0250. The number of benzene rings is 1. The van der Waals surface area contributed by atoms with Gasteiger partial charge < -0.3 is 15.5 Å². The molecule has 8 nitrogen and oxygen atoms in total. The Hall–Kier alpha value is -2.53. The van der Waals surface area contributed by atoms with Crippen molar-refractivity contribution < 1.29 is 18.8 Å². The first kappa shape index (κ1) is 21.7. The predicted molar refractivity (Wildman–Crippen MR) is 117 cm³/mol. The molecule has 0 radical (unpaired) electrons. The third kappa shape index (κ3) is 5.59. The minimum Gasteiger partial charge on any atom is -0.353 e. The number of carbonyl (C=O) groups is 3. The third-order valence-electron chi connectivity index (χ3n) is 5.32. The van der Waals surface area contributed by atoms with Crippen LogP contribution >= 0.6 is 23.1 Å². The van der Waals surface area contributed by atoms with Crippen LogP contribution < -0.4 is 15.5 Å². The van der Waals surface area contributed by atoms with Crippen LogP contribution in [-0.4, -0.2) is 46.3 Å². The number of thioether (sulfide) groups is 1. The SMILES string of the molecule is O=C(CSc1nnc(NC(=O)[C@@H]2CC(=O)N(c3ccc(F)cc3)C2)s1)NC1CCCC1. The molecule has 0 unspecified atom stereocenters. The molecular formula is C20H22FN5O3S2. The molecule has 2 aromatic rings. The van der Waals surface area contributed by atoms with E-state index in [-0.39, 0.29) is 48.3 Å². The lowest BCUT2D eigenvalue weighted by Gasteiger charge is -2.16. The fourth-order valence-electron chi connectivity index (χ4n) is 3.75. The summed E-state index contributed by atoms with van der Waals surface area (Å²) in [6.07, 6.45) is 4.46. The van der Waals surface area contributed by atoms with Gasteiger partial charge in [0, 0.05) is 24.7 Å². The summed E-state index contributed by atoms with van der Waals surface area (Å²) in [4.78, 5) is 38.4. The number of hydrogen-bond donors (Lipinski definition) is 2. The van der Waals surface area contributed by atoms with Gasteiger partial charge in [-0.05, 0) is 37.1 Å². The fourth-order valence-corrected chi connectivity index (χ4v) is 5.31. The van der Waals surface area contributed by atoms with Crippen LogP contribution in [-0.2, 0) is 14.4 Å². The Morgan fingerprint density at radius 1 is 1.19 bits per heavy atom. The summed E-state index contributed by atoms with van der Waals surface area (Å²) in [6.45, 7) is 0.220. The lowest BCUT2D eigenvalue weighted by Crippen LogP contribution is -2.33. The highest BCUT2D eigenvalue weighted by Crippen LogP contribution is 2.29. The Kier molecular flexibility index (Phi) is 6.81. The van der Waals surface area contributed by atoms with Gasteiger partial charge in [0.1, 0.15) is 5.82 Å². The van der Waals surface area contributed by atoms with E-state index in [2.05, 4.69) is 20.8 Å². The summed E-state index contributed by atoms with van der Waals surface area (Å²) in [7, 11) is 0. The van der Waals surface area contributed by atoms with Gasteiger partial charge in [-0.25, -0.2) is 4.39 Å². The molecule has 11 heteroatoms. The van der Waals surface area contributed by atoms with Crippen molar-refractivity contribution in [1.82, 2.24) is 15.5 Å². The molecule has 2 fully saturated rings. The second kappa shape index (κ2) is 9.73. The molecule has 1 aromatic carbocycles. The average molecular weight is 464 g/mol. The summed E-state index contributed by atoms with van der Waals surface area (Å²) in [6, 6.07) is 5.88. The fraction of sp³-hybridized carbons (Fsp3) is 0.450. The molecule has 1 aliphatic carbocycles. The average Bonchev–Trinajstić information content (AvgIpc) is 3.49. The summed E-state index contributed by atoms with van der Waals surface area (Å²) in [5.41, 5.74) is 0.562. The molecule has 164 valence electrons. The van der Waals surface area contributed by atoms with Crippen LogP contribution in [0.1, 0.15) is 32.1 Å². The van der Waals surface area contributed by atoms with E-state index in [4.69, 9.17) is 0 Å². The maximum Gasteiger partial charge on any atom is 0.231 e. The summed E-state index contributed by atoms with van der Waals surface area (Å²) < 4.78 is 13.7. The van der Waals surface area contributed by atoms with E-state index in [9.17, 15) is 18.8 Å². The molecule has 1 atom stereocenters. The molecule has 31 heavy (non-hydrogen) atoms. The van der Waals surface area contributed by atoms with Gasteiger partial charge >= 0.3 is 0 Å². The highest BCUT2D eigenvalue weighted by atomic mass is 32.2. The Morgan fingerprint density at radius 2 is 1.94 bits per heavy atom. The van der Waals surface area contributed by atoms with Crippen LogP contribution in [0.5, 0.6) is 0 Å². The van der Waals surface area contributed by atoms with Crippen molar-refractivity contribution in [3.05, 3.63) is 30.1 Å². The molecule has 1 saturated carbocycles. The standard InChI is InChI=1S/C20H22FN5O3S2/c21-13-5-7-15(8-6-13)26-10-12(9-17(26)28)18(29)23-19-24-25-20(31-19)30-11-16(27)22-14-3-1-2-4-14/h5-8,12,14H,1-4,9-11H2,(H,22,27)(H,23,24,29)/t12-/m1/s1. The maximum atomic E-state index is 13.1. The first-order chi connectivity index (χ1) is 15.0. The summed E-state index contributed by atoms with van der Waals surface area (Å²) >= 11 is 2.47. The molecule has 0 bridgehead atoms. The van der Waals surface area contributed by atoms with E-state index in [1.54, 1.807) is 0 Å². The van der Waals surface area contributed by atoms with E-state index >= 15 is 0 Å². The van der Waals surface area contributed by atoms with Gasteiger partial charge in [0.05, 0.1) is 11.7 Å². The van der Waals surface area contributed by atoms with Crippen molar-refractivity contribution in [2.24, 2.45) is 5.92 Å². The highest BCUT2D eigenvalue weighted by Gasteiger charge is 2.35. The lowest BCUT2D eigenvalue weighted by molar-refractivity contribution is -0.122. The summed E-state index contributed by atoms with van der Waals surface area (Å²) in [5.74, 6) is -1.19. The quantitative estimate of drug-likeness (QED) is 0.483. The number of amides is 3. The molecule has 3 amide bonds. The van der Waals surface area contributed by atoms with Gasteiger partial charge in [0.2, 0.25) is 22.9 Å². The minimum atomic E-state index is -0.533. The van der Waals surface area contributed by atoms with Crippen LogP contribution in [0, 0.1) is 11.7 Å². The highest BCUT2D eigenvalue weighted by molar-refractivity contribution is 8.01. The predicted octanol–water partition coefficient (Wildman–Crippen LogP) is 2.82. The zero-order chi connectivity index (χ0) is 21.8. The van der Waals surface area contributed by atoms with E-state index < -0.39 is 5.92 Å². The van der Waals surface area contributed by atoms with E-state index in [0.29, 0.717) is 15.2 Å². The van der Waals surface area contributed by atoms with Crippen LogP contribution in [0.4, 0.5) is 15.2 Å². The van der Waals surface area contributed by atoms with Gasteiger partial charge in [-0.2, -0.15) is 0 Å². The molecule has 2 N–H and O–H groups in total. The van der Waals surface area contributed by atoms with Crippen LogP contribution in [0.25, 0.3) is 0 Å². The Labute approximate surface area is 187 Å². The number of carbonyl (C=O) groups excluding carboxylic acids is 3. The summed E-state index contributed by atoms with van der Waals surface area (Å²) in [5, 5.41) is 14.0. The largest absolute Gasteiger partial charge is 0.353 e. The molecule has 1 aromatic heterocycles.